The first kappa shape index (κ1) is 24.5. The smallest absolute Gasteiger partial charge is 0.163 e. The number of benzene rings is 3. The van der Waals surface area contributed by atoms with Gasteiger partial charge in [0.15, 0.2) is 11.6 Å². The number of ether oxygens (including phenoxy) is 4. The van der Waals surface area contributed by atoms with Crippen molar-refractivity contribution in [3.8, 4) is 11.1 Å². The molecule has 0 spiro atoms. The second kappa shape index (κ2) is 8.86. The molecule has 3 aliphatic rings. The van der Waals surface area contributed by atoms with Gasteiger partial charge in [0.25, 0.3) is 0 Å². The zero-order chi connectivity index (χ0) is 25.8. The Balaban J connectivity index is 1.47. The number of aldehydes is 1. The van der Waals surface area contributed by atoms with Crippen LogP contribution in [0, 0.1) is 0 Å². The van der Waals surface area contributed by atoms with Gasteiger partial charge in [-0.25, -0.2) is 0 Å². The van der Waals surface area contributed by atoms with Crippen LogP contribution in [0.15, 0.2) is 78.9 Å². The Morgan fingerprint density at radius 3 is 1.95 bits per heavy atom. The molecule has 6 nitrogen and oxygen atoms in total. The second-order valence-electron chi connectivity index (χ2n) is 10.9. The molecule has 0 unspecified atom stereocenters. The summed E-state index contributed by atoms with van der Waals surface area (Å²) in [7, 11) is 0. The number of rotatable bonds is 6. The molecule has 0 aromatic heterocycles. The number of hydrogen-bond donors (Lipinski definition) is 1. The Hall–Kier alpha value is -2.87. The van der Waals surface area contributed by atoms with Gasteiger partial charge in [-0.3, -0.25) is 5.32 Å². The van der Waals surface area contributed by atoms with Crippen molar-refractivity contribution in [1.82, 2.24) is 5.32 Å². The van der Waals surface area contributed by atoms with Gasteiger partial charge in [-0.15, -0.1) is 0 Å². The Bertz CT molecular complexity index is 1260. The molecule has 3 aromatic rings. The van der Waals surface area contributed by atoms with E-state index in [2.05, 4.69) is 53.8 Å². The molecule has 0 amide bonds. The number of nitrogens with one attached hydrogen (secondary N) is 1. The van der Waals surface area contributed by atoms with E-state index in [-0.39, 0.29) is 6.10 Å². The second-order valence-corrected chi connectivity index (χ2v) is 10.9. The SMILES string of the molecule is CC1(C)O[C@@H]([C@H]2COC(C)(C)O2)[C@@H]([C@H](C=O)NC2(c3ccccc3)c3ccccc3-c3ccccc32)O1. The van der Waals surface area contributed by atoms with E-state index in [1.165, 1.54) is 0 Å². The fourth-order valence-electron chi connectivity index (χ4n) is 6.18. The monoisotopic (exact) mass is 499 g/mol. The van der Waals surface area contributed by atoms with E-state index in [0.717, 1.165) is 34.1 Å². The summed E-state index contributed by atoms with van der Waals surface area (Å²) in [6.07, 6.45) is -0.492. The number of fused-ring (bicyclic) bond motifs is 3. The highest BCUT2D eigenvalue weighted by Crippen LogP contribution is 2.51. The van der Waals surface area contributed by atoms with Crippen LogP contribution in [0.1, 0.15) is 44.4 Å². The van der Waals surface area contributed by atoms with Crippen molar-refractivity contribution in [3.05, 3.63) is 95.6 Å². The van der Waals surface area contributed by atoms with Gasteiger partial charge in [-0.05, 0) is 55.5 Å². The van der Waals surface area contributed by atoms with Gasteiger partial charge < -0.3 is 23.7 Å². The van der Waals surface area contributed by atoms with Gasteiger partial charge in [0.05, 0.1) is 18.2 Å². The molecular weight excluding hydrogens is 466 g/mol. The van der Waals surface area contributed by atoms with Gasteiger partial charge in [-0.1, -0.05) is 78.9 Å². The Kier molecular flexibility index (Phi) is 5.86. The van der Waals surface area contributed by atoms with Crippen LogP contribution in [0.3, 0.4) is 0 Å². The van der Waals surface area contributed by atoms with Crippen LogP contribution < -0.4 is 5.32 Å². The predicted octanol–water partition coefficient (Wildman–Crippen LogP) is 4.79. The summed E-state index contributed by atoms with van der Waals surface area (Å²) in [6.45, 7) is 7.88. The molecule has 0 saturated carbocycles. The topological polar surface area (TPSA) is 66.0 Å². The lowest BCUT2D eigenvalue weighted by atomic mass is 9.79. The van der Waals surface area contributed by atoms with Crippen LogP contribution in [0.4, 0.5) is 0 Å². The Morgan fingerprint density at radius 2 is 1.38 bits per heavy atom. The van der Waals surface area contributed by atoms with E-state index in [1.807, 2.05) is 58.0 Å². The summed E-state index contributed by atoms with van der Waals surface area (Å²) < 4.78 is 24.8. The van der Waals surface area contributed by atoms with Gasteiger partial charge in [-0.2, -0.15) is 0 Å². The Morgan fingerprint density at radius 1 is 0.784 bits per heavy atom. The van der Waals surface area contributed by atoms with E-state index in [9.17, 15) is 4.79 Å². The summed E-state index contributed by atoms with van der Waals surface area (Å²) in [4.78, 5) is 12.9. The average Bonchev–Trinajstić information content (AvgIpc) is 3.52. The van der Waals surface area contributed by atoms with Crippen molar-refractivity contribution in [3.63, 3.8) is 0 Å². The molecule has 192 valence electrons. The van der Waals surface area contributed by atoms with Crippen LogP contribution in [-0.4, -0.2) is 48.8 Å². The summed E-state index contributed by atoms with van der Waals surface area (Å²) in [5.41, 5.74) is 4.79. The summed E-state index contributed by atoms with van der Waals surface area (Å²) >= 11 is 0. The molecule has 37 heavy (non-hydrogen) atoms. The van der Waals surface area contributed by atoms with E-state index >= 15 is 0 Å². The third-order valence-electron chi connectivity index (χ3n) is 7.60. The van der Waals surface area contributed by atoms with E-state index in [1.54, 1.807) is 0 Å². The van der Waals surface area contributed by atoms with Crippen molar-refractivity contribution < 1.29 is 23.7 Å². The summed E-state index contributed by atoms with van der Waals surface area (Å²) in [6, 6.07) is 26.4. The lowest BCUT2D eigenvalue weighted by Gasteiger charge is -2.38. The van der Waals surface area contributed by atoms with Crippen LogP contribution in [0.2, 0.25) is 0 Å². The molecule has 0 radical (unpaired) electrons. The van der Waals surface area contributed by atoms with E-state index < -0.39 is 35.4 Å². The first-order chi connectivity index (χ1) is 17.7. The van der Waals surface area contributed by atoms with Gasteiger partial charge in [0.1, 0.15) is 24.6 Å². The molecule has 3 aromatic carbocycles. The molecule has 6 heteroatoms. The van der Waals surface area contributed by atoms with Crippen molar-refractivity contribution in [1.29, 1.82) is 0 Å². The fraction of sp³-hybridized carbons (Fsp3) is 0.387. The quantitative estimate of drug-likeness (QED) is 0.492. The zero-order valence-electron chi connectivity index (χ0n) is 21.6. The minimum Gasteiger partial charge on any atom is -0.348 e. The van der Waals surface area contributed by atoms with Crippen LogP contribution in [-0.2, 0) is 29.3 Å². The highest BCUT2D eigenvalue weighted by molar-refractivity contribution is 5.83. The lowest BCUT2D eigenvalue weighted by molar-refractivity contribution is -0.175. The first-order valence-electron chi connectivity index (χ1n) is 12.9. The van der Waals surface area contributed by atoms with Gasteiger partial charge >= 0.3 is 0 Å². The average molecular weight is 500 g/mol. The summed E-state index contributed by atoms with van der Waals surface area (Å²) in [5, 5.41) is 3.79. The maximum atomic E-state index is 12.9. The van der Waals surface area contributed by atoms with Crippen LogP contribution in [0.25, 0.3) is 11.1 Å². The number of carbonyl (C=O) groups excluding carboxylic acids is 1. The number of hydrogen-bond acceptors (Lipinski definition) is 6. The maximum Gasteiger partial charge on any atom is 0.163 e. The minimum atomic E-state index is -0.875. The highest BCUT2D eigenvalue weighted by Gasteiger charge is 2.54. The fourth-order valence-corrected chi connectivity index (χ4v) is 6.18. The third kappa shape index (κ3) is 4.04. The first-order valence-corrected chi connectivity index (χ1v) is 12.9. The molecule has 2 aliphatic heterocycles. The van der Waals surface area contributed by atoms with Gasteiger partial charge in [0.2, 0.25) is 0 Å². The maximum absolute atomic E-state index is 12.9. The molecule has 2 heterocycles. The third-order valence-corrected chi connectivity index (χ3v) is 7.60. The van der Waals surface area contributed by atoms with Crippen molar-refractivity contribution in [2.75, 3.05) is 6.61 Å². The number of carbonyl (C=O) groups is 1. The molecule has 4 atom stereocenters. The van der Waals surface area contributed by atoms with E-state index in [4.69, 9.17) is 18.9 Å². The van der Waals surface area contributed by atoms with Crippen LogP contribution >= 0.6 is 0 Å². The largest absolute Gasteiger partial charge is 0.348 e. The highest BCUT2D eigenvalue weighted by atomic mass is 16.8. The molecule has 1 aliphatic carbocycles. The van der Waals surface area contributed by atoms with Crippen LogP contribution in [0.5, 0.6) is 0 Å². The van der Waals surface area contributed by atoms with Gasteiger partial charge in [0, 0.05) is 0 Å². The normalized spacial score (nSPS) is 27.4. The molecular formula is C31H33NO5. The van der Waals surface area contributed by atoms with Crippen molar-refractivity contribution in [2.45, 2.75) is 69.2 Å². The summed E-state index contributed by atoms with van der Waals surface area (Å²) in [5.74, 6) is -1.59. The molecule has 1 N–H and O–H groups in total. The van der Waals surface area contributed by atoms with E-state index in [0.29, 0.717) is 6.61 Å². The standard InChI is InChI=1S/C31H33NO5/c1-29(2)34-19-26(35-29)28-27(36-30(3,4)37-28)25(18-33)32-31(20-12-6-5-7-13-20)23-16-10-8-14-21(23)22-15-9-11-17-24(22)31/h5-18,25-28,32H,19H2,1-4H3/t25-,26+,27+,28-/m0/s1. The predicted molar refractivity (Wildman–Crippen MR) is 140 cm³/mol. The molecule has 2 saturated heterocycles. The van der Waals surface area contributed by atoms with Crippen molar-refractivity contribution >= 4 is 6.29 Å². The lowest BCUT2D eigenvalue weighted by Crippen LogP contribution is -2.57. The molecule has 0 bridgehead atoms. The van der Waals surface area contributed by atoms with Crippen molar-refractivity contribution in [2.24, 2.45) is 0 Å². The molecule has 6 rings (SSSR count). The zero-order valence-corrected chi connectivity index (χ0v) is 21.6. The Labute approximate surface area is 217 Å². The molecule has 2 fully saturated rings. The minimum absolute atomic E-state index is 0.359.